The van der Waals surface area contributed by atoms with E-state index in [9.17, 15) is 13.8 Å². The molecule has 1 unspecified atom stereocenters. The SMILES string of the molecule is CN(C(=O)CCCCCCCCCCCCCCCS(=O)O)c1ccccc1OCCCC(=O)O. The molecule has 0 heterocycles. The lowest BCUT2D eigenvalue weighted by Crippen LogP contribution is -2.26. The Hall–Kier alpha value is -1.93. The number of ether oxygens (including phenoxy) is 1. The molecule has 0 aromatic heterocycles. The Kier molecular flexibility index (Phi) is 18.0. The highest BCUT2D eigenvalue weighted by molar-refractivity contribution is 7.79. The maximum atomic E-state index is 12.6. The van der Waals surface area contributed by atoms with E-state index in [1.165, 1.54) is 44.9 Å². The van der Waals surface area contributed by atoms with E-state index in [2.05, 4.69) is 0 Å². The summed E-state index contributed by atoms with van der Waals surface area (Å²) in [5.41, 5.74) is 0.717. The second-order valence-electron chi connectivity index (χ2n) is 9.14. The Bertz CT molecular complexity index is 742. The molecule has 0 saturated carbocycles. The van der Waals surface area contributed by atoms with Crippen LogP contribution in [0.15, 0.2) is 24.3 Å². The average Bonchev–Trinajstić information content (AvgIpc) is 2.83. The molecule has 0 fully saturated rings. The van der Waals surface area contributed by atoms with Crippen molar-refractivity contribution in [3.05, 3.63) is 24.3 Å². The minimum Gasteiger partial charge on any atom is -0.491 e. The lowest BCUT2D eigenvalue weighted by Gasteiger charge is -2.20. The molecule has 8 heteroatoms. The first-order valence-corrected chi connectivity index (χ1v) is 14.5. The molecule has 0 aliphatic rings. The summed E-state index contributed by atoms with van der Waals surface area (Å²) in [4.78, 5) is 24.9. The molecule has 0 saturated heterocycles. The van der Waals surface area contributed by atoms with Gasteiger partial charge in [0.15, 0.2) is 11.1 Å². The summed E-state index contributed by atoms with van der Waals surface area (Å²) < 4.78 is 25.0. The number of hydrogen-bond acceptors (Lipinski definition) is 4. The number of hydrogen-bond donors (Lipinski definition) is 2. The monoisotopic (exact) mass is 511 g/mol. The van der Waals surface area contributed by atoms with Crippen LogP contribution in [-0.2, 0) is 20.7 Å². The van der Waals surface area contributed by atoms with Gasteiger partial charge in [-0.3, -0.25) is 9.59 Å². The van der Waals surface area contributed by atoms with Gasteiger partial charge in [-0.05, 0) is 31.4 Å². The molecule has 0 bridgehead atoms. The van der Waals surface area contributed by atoms with Crippen LogP contribution in [0, 0.1) is 0 Å². The molecule has 7 nitrogen and oxygen atoms in total. The van der Waals surface area contributed by atoms with Crippen molar-refractivity contribution in [3.8, 4) is 5.75 Å². The van der Waals surface area contributed by atoms with E-state index < -0.39 is 17.0 Å². The van der Waals surface area contributed by atoms with Gasteiger partial charge in [-0.15, -0.1) is 0 Å². The summed E-state index contributed by atoms with van der Waals surface area (Å²) in [6, 6.07) is 7.38. The molecule has 1 aromatic rings. The van der Waals surface area contributed by atoms with E-state index in [0.717, 1.165) is 44.2 Å². The van der Waals surface area contributed by atoms with Gasteiger partial charge in [0.1, 0.15) is 5.75 Å². The lowest BCUT2D eigenvalue weighted by molar-refractivity contribution is -0.137. The topological polar surface area (TPSA) is 104 Å². The molecule has 0 spiro atoms. The third-order valence-electron chi connectivity index (χ3n) is 6.10. The smallest absolute Gasteiger partial charge is 0.303 e. The molecule has 1 atom stereocenters. The average molecular weight is 512 g/mol. The van der Waals surface area contributed by atoms with Gasteiger partial charge in [-0.25, -0.2) is 4.21 Å². The van der Waals surface area contributed by atoms with Crippen molar-refractivity contribution in [3.63, 3.8) is 0 Å². The molecule has 0 radical (unpaired) electrons. The van der Waals surface area contributed by atoms with Crippen molar-refractivity contribution in [2.45, 2.75) is 103 Å². The molecule has 0 aliphatic heterocycles. The summed E-state index contributed by atoms with van der Waals surface area (Å²) in [5, 5.41) is 8.74. The lowest BCUT2D eigenvalue weighted by atomic mass is 10.0. The van der Waals surface area contributed by atoms with E-state index in [1.54, 1.807) is 11.9 Å². The molecule has 0 aliphatic carbocycles. The van der Waals surface area contributed by atoms with Crippen LogP contribution in [-0.4, -0.2) is 45.2 Å². The molecule has 1 rings (SSSR count). The number of aliphatic carboxylic acids is 1. The number of rotatable bonds is 22. The van der Waals surface area contributed by atoms with Crippen molar-refractivity contribution in [1.82, 2.24) is 0 Å². The first-order valence-electron chi connectivity index (χ1n) is 13.2. The fraction of sp³-hybridized carbons (Fsp3) is 0.704. The molecule has 1 amide bonds. The predicted molar refractivity (Wildman–Crippen MR) is 142 cm³/mol. The Balaban J connectivity index is 2.07. The van der Waals surface area contributed by atoms with Crippen LogP contribution in [0.3, 0.4) is 0 Å². The molecular weight excluding hydrogens is 466 g/mol. The van der Waals surface area contributed by atoms with Gasteiger partial charge in [0.05, 0.1) is 12.3 Å². The van der Waals surface area contributed by atoms with Crippen molar-refractivity contribution in [2.75, 3.05) is 24.3 Å². The predicted octanol–water partition coefficient (Wildman–Crippen LogP) is 6.58. The van der Waals surface area contributed by atoms with E-state index in [1.807, 2.05) is 24.3 Å². The number of para-hydroxylation sites is 2. The minimum absolute atomic E-state index is 0.0648. The highest BCUT2D eigenvalue weighted by atomic mass is 32.2. The van der Waals surface area contributed by atoms with Crippen LogP contribution in [0.1, 0.15) is 103 Å². The number of carboxylic acid groups (broad SMARTS) is 1. The first kappa shape index (κ1) is 31.1. The molecule has 200 valence electrons. The van der Waals surface area contributed by atoms with Crippen LogP contribution < -0.4 is 9.64 Å². The number of anilines is 1. The number of nitrogens with zero attached hydrogens (tertiary/aromatic N) is 1. The maximum Gasteiger partial charge on any atom is 0.303 e. The van der Waals surface area contributed by atoms with Gasteiger partial charge >= 0.3 is 5.97 Å². The highest BCUT2D eigenvalue weighted by Gasteiger charge is 2.15. The van der Waals surface area contributed by atoms with Crippen molar-refractivity contribution in [1.29, 1.82) is 0 Å². The normalized spacial score (nSPS) is 11.8. The van der Waals surface area contributed by atoms with E-state index in [-0.39, 0.29) is 12.3 Å². The van der Waals surface area contributed by atoms with E-state index in [0.29, 0.717) is 31.0 Å². The highest BCUT2D eigenvalue weighted by Crippen LogP contribution is 2.28. The minimum atomic E-state index is -1.64. The van der Waals surface area contributed by atoms with Crippen molar-refractivity contribution < 1.29 is 28.2 Å². The summed E-state index contributed by atoms with van der Waals surface area (Å²) in [6.07, 6.45) is 16.0. The van der Waals surface area contributed by atoms with Crippen LogP contribution in [0.4, 0.5) is 5.69 Å². The summed E-state index contributed by atoms with van der Waals surface area (Å²) in [6.45, 7) is 0.306. The number of benzene rings is 1. The number of unbranched alkanes of at least 4 members (excludes halogenated alkanes) is 12. The standard InChI is InChI=1S/C27H45NO6S/c1-28(24-18-14-15-19-25(24)34-22-17-21-27(30)31)26(29)20-13-11-9-7-5-3-2-4-6-8-10-12-16-23-35(32)33/h14-15,18-19H,2-13,16-17,20-23H2,1H3,(H,30,31)(H,32,33). The summed E-state index contributed by atoms with van der Waals surface area (Å²) in [7, 11) is 1.76. The van der Waals surface area contributed by atoms with Gasteiger partial charge in [0, 0.05) is 25.6 Å². The molecule has 35 heavy (non-hydrogen) atoms. The van der Waals surface area contributed by atoms with Crippen molar-refractivity contribution >= 4 is 28.6 Å². The largest absolute Gasteiger partial charge is 0.491 e. The zero-order chi connectivity index (χ0) is 25.7. The van der Waals surface area contributed by atoms with Crippen molar-refractivity contribution in [2.24, 2.45) is 0 Å². The summed E-state index contributed by atoms with van der Waals surface area (Å²) in [5.74, 6) is 0.239. The fourth-order valence-corrected chi connectivity index (χ4v) is 4.46. The van der Waals surface area contributed by atoms with Crippen LogP contribution >= 0.6 is 0 Å². The second kappa shape index (κ2) is 20.3. The Morgan fingerprint density at radius 2 is 1.31 bits per heavy atom. The van der Waals surface area contributed by atoms with Crippen LogP contribution in [0.5, 0.6) is 5.75 Å². The van der Waals surface area contributed by atoms with E-state index >= 15 is 0 Å². The second-order valence-corrected chi connectivity index (χ2v) is 10.2. The van der Waals surface area contributed by atoms with Gasteiger partial charge in [0.2, 0.25) is 5.91 Å². The number of carboxylic acids is 1. The quantitative estimate of drug-likeness (QED) is 0.135. The third-order valence-corrected chi connectivity index (χ3v) is 6.74. The van der Waals surface area contributed by atoms with Gasteiger partial charge in [-0.2, -0.15) is 0 Å². The Morgan fingerprint density at radius 1 is 0.800 bits per heavy atom. The van der Waals surface area contributed by atoms with Gasteiger partial charge in [0.25, 0.3) is 0 Å². The summed E-state index contributed by atoms with van der Waals surface area (Å²) >= 11 is -1.64. The number of amides is 1. The van der Waals surface area contributed by atoms with Gasteiger partial charge in [-0.1, -0.05) is 82.8 Å². The van der Waals surface area contributed by atoms with Gasteiger partial charge < -0.3 is 19.3 Å². The molecular formula is C27H45NO6S. The first-order chi connectivity index (χ1) is 16.9. The Labute approximate surface area is 213 Å². The maximum absolute atomic E-state index is 12.6. The number of carbonyl (C=O) groups excluding carboxylic acids is 1. The third kappa shape index (κ3) is 16.4. The fourth-order valence-electron chi connectivity index (χ4n) is 4.01. The van der Waals surface area contributed by atoms with Crippen LogP contribution in [0.2, 0.25) is 0 Å². The van der Waals surface area contributed by atoms with Crippen LogP contribution in [0.25, 0.3) is 0 Å². The molecule has 2 N–H and O–H groups in total. The zero-order valence-electron chi connectivity index (χ0n) is 21.4. The molecule has 1 aromatic carbocycles. The Morgan fingerprint density at radius 3 is 1.86 bits per heavy atom. The van der Waals surface area contributed by atoms with E-state index in [4.69, 9.17) is 14.4 Å². The number of carbonyl (C=O) groups is 2. The zero-order valence-corrected chi connectivity index (χ0v) is 22.2.